The summed E-state index contributed by atoms with van der Waals surface area (Å²) in [6.45, 7) is 4.51. The third-order valence-corrected chi connectivity index (χ3v) is 5.60. The fraction of sp³-hybridized carbons (Fsp3) is 0.579. The van der Waals surface area contributed by atoms with Gasteiger partial charge >= 0.3 is 0 Å². The molecule has 0 aromatic heterocycles. The lowest BCUT2D eigenvalue weighted by molar-refractivity contribution is -0.121. The predicted molar refractivity (Wildman–Crippen MR) is 93.0 cm³/mol. The van der Waals surface area contributed by atoms with Crippen LogP contribution < -0.4 is 15.0 Å². The number of hydrogen-bond donors (Lipinski definition) is 1. The summed E-state index contributed by atoms with van der Waals surface area (Å²) < 4.78 is 5.13. The fourth-order valence-corrected chi connectivity index (χ4v) is 3.84. The third-order valence-electron chi connectivity index (χ3n) is 5.60. The van der Waals surface area contributed by atoms with E-state index in [1.165, 1.54) is 17.7 Å². The third kappa shape index (κ3) is 3.18. The number of rotatable bonds is 4. The van der Waals surface area contributed by atoms with Crippen LogP contribution in [-0.2, 0) is 9.59 Å². The van der Waals surface area contributed by atoms with Gasteiger partial charge in [0.2, 0.25) is 5.91 Å². The van der Waals surface area contributed by atoms with Crippen LogP contribution in [0.2, 0.25) is 0 Å². The zero-order chi connectivity index (χ0) is 17.3. The summed E-state index contributed by atoms with van der Waals surface area (Å²) in [6, 6.07) is 6.94. The molecule has 4 atom stereocenters. The minimum absolute atomic E-state index is 0.140. The van der Waals surface area contributed by atoms with Gasteiger partial charge < -0.3 is 10.1 Å². The maximum atomic E-state index is 12.7. The second kappa shape index (κ2) is 6.93. The van der Waals surface area contributed by atoms with Gasteiger partial charge in [-0.3, -0.25) is 9.59 Å². The zero-order valence-electron chi connectivity index (χ0n) is 14.6. The maximum absolute atomic E-state index is 12.7. The predicted octanol–water partition coefficient (Wildman–Crippen LogP) is 2.74. The number of carbonyl (C=O) groups excluding carboxylic acids is 2. The van der Waals surface area contributed by atoms with Gasteiger partial charge in [-0.15, -0.1) is 0 Å². The number of hydrogen-bond acceptors (Lipinski definition) is 4. The van der Waals surface area contributed by atoms with E-state index in [4.69, 9.17) is 4.74 Å². The highest BCUT2D eigenvalue weighted by Crippen LogP contribution is 2.31. The highest BCUT2D eigenvalue weighted by molar-refractivity contribution is 6.22. The number of ether oxygens (including phenoxy) is 1. The van der Waals surface area contributed by atoms with Crippen molar-refractivity contribution < 1.29 is 14.3 Å². The summed E-state index contributed by atoms with van der Waals surface area (Å²) in [5.41, 5.74) is 0.611. The van der Waals surface area contributed by atoms with Gasteiger partial charge in [-0.25, -0.2) is 4.90 Å². The molecule has 2 amide bonds. The molecule has 1 saturated heterocycles. The average Bonchev–Trinajstić information content (AvgIpc) is 2.86. The molecule has 1 aliphatic heterocycles. The van der Waals surface area contributed by atoms with Crippen molar-refractivity contribution in [3.8, 4) is 5.75 Å². The monoisotopic (exact) mass is 330 g/mol. The molecule has 0 bridgehead atoms. The summed E-state index contributed by atoms with van der Waals surface area (Å²) in [5, 5.41) is 3.46. The van der Waals surface area contributed by atoms with E-state index in [0.29, 0.717) is 29.3 Å². The highest BCUT2D eigenvalue weighted by atomic mass is 16.5. The van der Waals surface area contributed by atoms with Crippen molar-refractivity contribution in [1.29, 1.82) is 0 Å². The largest absolute Gasteiger partial charge is 0.497 e. The van der Waals surface area contributed by atoms with E-state index in [-0.39, 0.29) is 18.2 Å². The molecule has 1 N–H and O–H groups in total. The van der Waals surface area contributed by atoms with Crippen LogP contribution in [0, 0.1) is 11.8 Å². The van der Waals surface area contributed by atoms with E-state index < -0.39 is 6.04 Å². The molecule has 1 heterocycles. The van der Waals surface area contributed by atoms with Crippen molar-refractivity contribution >= 4 is 17.5 Å². The van der Waals surface area contributed by atoms with Crippen molar-refractivity contribution in [2.24, 2.45) is 11.8 Å². The van der Waals surface area contributed by atoms with Gasteiger partial charge in [0.15, 0.2) is 0 Å². The fourth-order valence-electron chi connectivity index (χ4n) is 3.84. The van der Waals surface area contributed by atoms with Crippen LogP contribution in [0.15, 0.2) is 24.3 Å². The molecule has 5 nitrogen and oxygen atoms in total. The van der Waals surface area contributed by atoms with Crippen molar-refractivity contribution in [2.75, 3.05) is 12.0 Å². The Hall–Kier alpha value is -1.88. The van der Waals surface area contributed by atoms with Crippen LogP contribution in [0.5, 0.6) is 5.75 Å². The maximum Gasteiger partial charge on any atom is 0.251 e. The first-order valence-corrected chi connectivity index (χ1v) is 8.78. The van der Waals surface area contributed by atoms with Crippen LogP contribution >= 0.6 is 0 Å². The van der Waals surface area contributed by atoms with Crippen molar-refractivity contribution in [3.63, 3.8) is 0 Å². The normalized spacial score (nSPS) is 30.7. The Morgan fingerprint density at radius 3 is 2.50 bits per heavy atom. The second-order valence-electron chi connectivity index (χ2n) is 7.06. The molecule has 5 heteroatoms. The number of amides is 2. The average molecular weight is 330 g/mol. The molecule has 1 aromatic rings. The quantitative estimate of drug-likeness (QED) is 0.863. The SMILES string of the molecule is COc1ccc(N2C(=O)C[C@@H](N[C@@H]3CCC[C@@H](C)[C@@H]3C)C2=O)cc1. The molecule has 24 heavy (non-hydrogen) atoms. The standard InChI is InChI=1S/C19H26N2O3/c1-12-5-4-6-16(13(12)2)20-17-11-18(22)21(19(17)23)14-7-9-15(24-3)10-8-14/h7-10,12-13,16-17,20H,4-6,11H2,1-3H3/t12-,13+,16-,17-/m1/s1. The highest BCUT2D eigenvalue weighted by Gasteiger charge is 2.41. The molecular weight excluding hydrogens is 304 g/mol. The second-order valence-corrected chi connectivity index (χ2v) is 7.06. The van der Waals surface area contributed by atoms with Crippen molar-refractivity contribution in [2.45, 2.75) is 51.6 Å². The Morgan fingerprint density at radius 1 is 1.12 bits per heavy atom. The van der Waals surface area contributed by atoms with Crippen molar-refractivity contribution in [3.05, 3.63) is 24.3 Å². The molecule has 0 spiro atoms. The number of carbonyl (C=O) groups is 2. The van der Waals surface area contributed by atoms with E-state index in [1.807, 2.05) is 0 Å². The first kappa shape index (κ1) is 17.0. The molecule has 1 aromatic carbocycles. The number of anilines is 1. The van der Waals surface area contributed by atoms with Crippen LogP contribution in [0.4, 0.5) is 5.69 Å². The minimum Gasteiger partial charge on any atom is -0.497 e. The minimum atomic E-state index is -0.405. The summed E-state index contributed by atoms with van der Waals surface area (Å²) in [6.07, 6.45) is 3.74. The Balaban J connectivity index is 1.71. The van der Waals surface area contributed by atoms with Gasteiger partial charge in [0.05, 0.1) is 25.3 Å². The van der Waals surface area contributed by atoms with Gasteiger partial charge in [-0.2, -0.15) is 0 Å². The number of benzene rings is 1. The first-order valence-electron chi connectivity index (χ1n) is 8.78. The Labute approximate surface area is 143 Å². The lowest BCUT2D eigenvalue weighted by Gasteiger charge is -2.36. The van der Waals surface area contributed by atoms with Crippen LogP contribution in [0.1, 0.15) is 39.5 Å². The van der Waals surface area contributed by atoms with Gasteiger partial charge in [-0.1, -0.05) is 26.7 Å². The van der Waals surface area contributed by atoms with E-state index in [0.717, 1.165) is 6.42 Å². The molecule has 1 saturated carbocycles. The Kier molecular flexibility index (Phi) is 4.90. The molecule has 2 aliphatic rings. The first-order chi connectivity index (χ1) is 11.5. The topological polar surface area (TPSA) is 58.6 Å². The lowest BCUT2D eigenvalue weighted by atomic mass is 9.78. The van der Waals surface area contributed by atoms with E-state index in [9.17, 15) is 9.59 Å². The molecule has 0 unspecified atom stereocenters. The van der Waals surface area contributed by atoms with Crippen molar-refractivity contribution in [1.82, 2.24) is 5.32 Å². The van der Waals surface area contributed by atoms with E-state index in [2.05, 4.69) is 19.2 Å². The summed E-state index contributed by atoms with van der Waals surface area (Å²) >= 11 is 0. The summed E-state index contributed by atoms with van der Waals surface area (Å²) in [4.78, 5) is 26.4. The molecular formula is C19H26N2O3. The number of imide groups is 1. The van der Waals surface area contributed by atoms with Gasteiger partial charge in [-0.05, 0) is 42.5 Å². The Morgan fingerprint density at radius 2 is 1.83 bits per heavy atom. The molecule has 3 rings (SSSR count). The Bertz CT molecular complexity index is 614. The summed E-state index contributed by atoms with van der Waals surface area (Å²) in [7, 11) is 1.59. The number of nitrogens with zero attached hydrogens (tertiary/aromatic N) is 1. The van der Waals surface area contributed by atoms with Crippen LogP contribution in [0.25, 0.3) is 0 Å². The van der Waals surface area contributed by atoms with Crippen LogP contribution in [-0.4, -0.2) is 31.0 Å². The van der Waals surface area contributed by atoms with Crippen LogP contribution in [0.3, 0.4) is 0 Å². The smallest absolute Gasteiger partial charge is 0.251 e. The van der Waals surface area contributed by atoms with E-state index in [1.54, 1.807) is 31.4 Å². The molecule has 2 fully saturated rings. The van der Waals surface area contributed by atoms with E-state index >= 15 is 0 Å². The number of methoxy groups -OCH3 is 1. The number of nitrogens with one attached hydrogen (secondary N) is 1. The molecule has 130 valence electrons. The molecule has 0 radical (unpaired) electrons. The van der Waals surface area contributed by atoms with Gasteiger partial charge in [0, 0.05) is 6.04 Å². The molecule has 1 aliphatic carbocycles. The van der Waals surface area contributed by atoms with Gasteiger partial charge in [0.25, 0.3) is 5.91 Å². The lowest BCUT2D eigenvalue weighted by Crippen LogP contribution is -2.48. The summed E-state index contributed by atoms with van der Waals surface area (Å²) in [5.74, 6) is 1.60. The van der Waals surface area contributed by atoms with Gasteiger partial charge in [0.1, 0.15) is 5.75 Å². The zero-order valence-corrected chi connectivity index (χ0v) is 14.6.